The van der Waals surface area contributed by atoms with Crippen molar-refractivity contribution in [3.05, 3.63) is 0 Å². The van der Waals surface area contributed by atoms with Gasteiger partial charge in [-0.3, -0.25) is 0 Å². The molecule has 0 bridgehead atoms. The van der Waals surface area contributed by atoms with E-state index in [1.807, 2.05) is 0 Å². The van der Waals surface area contributed by atoms with Crippen molar-refractivity contribution in [1.29, 1.82) is 0 Å². The zero-order valence-electron chi connectivity index (χ0n) is 7.44. The summed E-state index contributed by atoms with van der Waals surface area (Å²) in [6.45, 7) is 0. The molecule has 0 aromatic rings. The quantitative estimate of drug-likeness (QED) is 0.646. The Bertz CT molecular complexity index is 141. The number of carbonyl (C=O) groups excluding carboxylic acids is 1. The van der Waals surface area contributed by atoms with Crippen LogP contribution in [0, 0.1) is 5.92 Å². The number of hydrogen-bond acceptors (Lipinski definition) is 1. The van der Waals surface area contributed by atoms with Crippen molar-refractivity contribution in [2.75, 3.05) is 0 Å². The standard InChI is InChI=1S/C9H17NO.Ti/c10-9(11)8-6-4-2-1-3-5-7-8;/h8H,1-7H2,(H2,10,11);/q;+1/p-1. The summed E-state index contributed by atoms with van der Waals surface area (Å²) in [7, 11) is 0. The first-order valence-electron chi connectivity index (χ1n) is 4.81. The van der Waals surface area contributed by atoms with Crippen LogP contribution in [0.5, 0.6) is 0 Å². The molecule has 3 heteroatoms. The molecule has 1 aliphatic carbocycles. The molecular weight excluding hydrogens is 186 g/mol. The fourth-order valence-corrected chi connectivity index (χ4v) is 2.14. The molecule has 0 heterocycles. The van der Waals surface area contributed by atoms with Crippen LogP contribution in [0.4, 0.5) is 0 Å². The van der Waals surface area contributed by atoms with Gasteiger partial charge >= 0.3 is 86.1 Å². The molecule has 0 aromatic heterocycles. The predicted molar refractivity (Wildman–Crippen MR) is 44.0 cm³/mol. The van der Waals surface area contributed by atoms with E-state index in [1.165, 1.54) is 32.1 Å². The number of rotatable bonds is 1. The monoisotopic (exact) mass is 202 g/mol. The van der Waals surface area contributed by atoms with E-state index in [0.29, 0.717) is 5.92 Å². The Balaban J connectivity index is 2.34. The van der Waals surface area contributed by atoms with E-state index in [1.54, 1.807) is 20.7 Å². The fourth-order valence-electron chi connectivity index (χ4n) is 1.82. The molecule has 0 spiro atoms. The third kappa shape index (κ3) is 3.28. The normalized spacial score (nSPS) is 20.9. The van der Waals surface area contributed by atoms with Crippen LogP contribution in [0.2, 0.25) is 0 Å². The Morgan fingerprint density at radius 1 is 1.08 bits per heavy atom. The summed E-state index contributed by atoms with van der Waals surface area (Å²) in [5.74, 6) is 0.548. The zero-order chi connectivity index (χ0) is 8.81. The molecule has 12 heavy (non-hydrogen) atoms. The van der Waals surface area contributed by atoms with Gasteiger partial charge < -0.3 is 0 Å². The molecule has 67 valence electrons. The summed E-state index contributed by atoms with van der Waals surface area (Å²) in [5.41, 5.74) is 0. The second kappa shape index (κ2) is 5.77. The van der Waals surface area contributed by atoms with Crippen LogP contribution in [-0.4, -0.2) is 5.91 Å². The maximum atomic E-state index is 11.3. The minimum atomic E-state index is 0.247. The molecule has 1 amide bonds. The third-order valence-electron chi connectivity index (χ3n) is 2.60. The van der Waals surface area contributed by atoms with Crippen molar-refractivity contribution in [3.8, 4) is 0 Å². The van der Waals surface area contributed by atoms with Crippen LogP contribution < -0.4 is 3.80 Å². The number of nitrogens with one attached hydrogen (secondary N) is 1. The molecule has 1 N–H and O–H groups in total. The molecule has 0 unspecified atom stereocenters. The second-order valence-corrected chi connectivity index (χ2v) is 3.92. The van der Waals surface area contributed by atoms with Gasteiger partial charge in [-0.05, 0) is 0 Å². The van der Waals surface area contributed by atoms with Gasteiger partial charge in [0.05, 0.1) is 0 Å². The Morgan fingerprint density at radius 2 is 1.58 bits per heavy atom. The van der Waals surface area contributed by atoms with Gasteiger partial charge in [0.2, 0.25) is 0 Å². The molecule has 1 fully saturated rings. The Labute approximate surface area is 86.2 Å². The fraction of sp³-hybridized carbons (Fsp3) is 0.889. The SMILES string of the molecule is O=C([NH][Ti])C1CCCCCCC1. The number of amides is 1. The average molecular weight is 202 g/mol. The van der Waals surface area contributed by atoms with Crippen molar-refractivity contribution in [3.63, 3.8) is 0 Å². The van der Waals surface area contributed by atoms with Crippen LogP contribution in [0.1, 0.15) is 44.9 Å². The molecule has 0 aromatic carbocycles. The summed E-state index contributed by atoms with van der Waals surface area (Å²) in [6, 6.07) is 0. The predicted octanol–water partition coefficient (Wildman–Crippen LogP) is 1.92. The van der Waals surface area contributed by atoms with Crippen molar-refractivity contribution in [1.82, 2.24) is 3.80 Å². The molecule has 0 radical (unpaired) electrons. The van der Waals surface area contributed by atoms with E-state index in [4.69, 9.17) is 0 Å². The van der Waals surface area contributed by atoms with Crippen molar-refractivity contribution in [2.45, 2.75) is 44.9 Å². The summed E-state index contributed by atoms with van der Waals surface area (Å²) in [6.07, 6.45) is 8.65. The summed E-state index contributed by atoms with van der Waals surface area (Å²) in [4.78, 5) is 11.3. The van der Waals surface area contributed by atoms with Crippen molar-refractivity contribution >= 4 is 5.91 Å². The molecule has 0 atom stereocenters. The molecule has 0 saturated heterocycles. The topological polar surface area (TPSA) is 29.1 Å². The van der Waals surface area contributed by atoms with E-state index in [9.17, 15) is 4.79 Å². The van der Waals surface area contributed by atoms with Gasteiger partial charge in [-0.2, -0.15) is 0 Å². The van der Waals surface area contributed by atoms with Crippen LogP contribution in [0.15, 0.2) is 0 Å². The van der Waals surface area contributed by atoms with Crippen LogP contribution in [0.3, 0.4) is 0 Å². The number of carbonyl (C=O) groups is 1. The van der Waals surface area contributed by atoms with Gasteiger partial charge in [0, 0.05) is 0 Å². The van der Waals surface area contributed by atoms with Gasteiger partial charge in [0.1, 0.15) is 0 Å². The van der Waals surface area contributed by atoms with Gasteiger partial charge in [-0.25, -0.2) is 0 Å². The van der Waals surface area contributed by atoms with E-state index in [0.717, 1.165) is 12.8 Å². The van der Waals surface area contributed by atoms with Gasteiger partial charge in [-0.15, -0.1) is 0 Å². The molecule has 1 rings (SSSR count). The Kier molecular flexibility index (Phi) is 4.93. The zero-order valence-corrected chi connectivity index (χ0v) is 9.00. The van der Waals surface area contributed by atoms with E-state index in [-0.39, 0.29) is 5.91 Å². The maximum absolute atomic E-state index is 11.3. The van der Waals surface area contributed by atoms with Crippen LogP contribution >= 0.6 is 0 Å². The molecular formula is C9H16NOTi. The first-order valence-corrected chi connectivity index (χ1v) is 5.59. The molecule has 1 saturated carbocycles. The molecule has 2 nitrogen and oxygen atoms in total. The third-order valence-corrected chi connectivity index (χ3v) is 2.98. The summed E-state index contributed by atoms with van der Waals surface area (Å²) >= 11 is 1.74. The first kappa shape index (κ1) is 10.3. The van der Waals surface area contributed by atoms with E-state index < -0.39 is 0 Å². The second-order valence-electron chi connectivity index (χ2n) is 3.53. The van der Waals surface area contributed by atoms with E-state index in [2.05, 4.69) is 3.80 Å². The molecule has 1 aliphatic rings. The first-order chi connectivity index (χ1) is 5.84. The van der Waals surface area contributed by atoms with Crippen LogP contribution in [0.25, 0.3) is 0 Å². The van der Waals surface area contributed by atoms with Crippen molar-refractivity contribution in [2.24, 2.45) is 5.92 Å². The minimum absolute atomic E-state index is 0.247. The van der Waals surface area contributed by atoms with Gasteiger partial charge in [0.15, 0.2) is 0 Å². The summed E-state index contributed by atoms with van der Waals surface area (Å²) < 4.78 is 2.74. The van der Waals surface area contributed by atoms with Crippen molar-refractivity contribution < 1.29 is 25.5 Å². The van der Waals surface area contributed by atoms with Gasteiger partial charge in [0.25, 0.3) is 0 Å². The summed E-state index contributed by atoms with van der Waals surface area (Å²) in [5, 5.41) is 0. The van der Waals surface area contributed by atoms with E-state index >= 15 is 0 Å². The van der Waals surface area contributed by atoms with Gasteiger partial charge in [-0.1, -0.05) is 0 Å². The van der Waals surface area contributed by atoms with Crippen LogP contribution in [-0.2, 0) is 25.5 Å². The Hall–Kier alpha value is 0.184. The number of hydrogen-bond donors (Lipinski definition) is 1. The average Bonchev–Trinajstić information content (AvgIpc) is 2.02. The Morgan fingerprint density at radius 3 is 2.08 bits per heavy atom. The molecule has 0 aliphatic heterocycles.